The van der Waals surface area contributed by atoms with Crippen molar-refractivity contribution in [3.8, 4) is 17.6 Å². The summed E-state index contributed by atoms with van der Waals surface area (Å²) >= 11 is 0. The van der Waals surface area contributed by atoms with Crippen molar-refractivity contribution in [3.05, 3.63) is 53.1 Å². The van der Waals surface area contributed by atoms with E-state index < -0.39 is 12.1 Å². The molecular weight excluding hydrogens is 308 g/mol. The van der Waals surface area contributed by atoms with Gasteiger partial charge in [0.2, 0.25) is 6.10 Å². The van der Waals surface area contributed by atoms with Crippen LogP contribution in [-0.4, -0.2) is 20.2 Å². The predicted molar refractivity (Wildman–Crippen MR) is 87.1 cm³/mol. The molecule has 0 fully saturated rings. The molecule has 1 aliphatic rings. The summed E-state index contributed by atoms with van der Waals surface area (Å²) in [6.07, 6.45) is -0.938. The maximum absolute atomic E-state index is 12.1. The summed E-state index contributed by atoms with van der Waals surface area (Å²) in [6, 6.07) is 13.3. The van der Waals surface area contributed by atoms with Crippen molar-refractivity contribution in [2.24, 2.45) is 0 Å². The lowest BCUT2D eigenvalue weighted by atomic mass is 9.99. The van der Waals surface area contributed by atoms with Gasteiger partial charge in [0.1, 0.15) is 23.1 Å². The Bertz CT molecular complexity index is 812. The van der Waals surface area contributed by atoms with Crippen LogP contribution in [0.15, 0.2) is 36.4 Å². The second-order valence-electron chi connectivity index (χ2n) is 5.19. The van der Waals surface area contributed by atoms with E-state index in [0.29, 0.717) is 29.2 Å². The number of nitrogens with zero attached hydrogens (tertiary/aromatic N) is 1. The summed E-state index contributed by atoms with van der Waals surface area (Å²) in [5.74, 6) is 0.347. The summed E-state index contributed by atoms with van der Waals surface area (Å²) in [4.78, 5) is 12.1. The van der Waals surface area contributed by atoms with Crippen LogP contribution in [0.4, 0.5) is 5.69 Å². The average Bonchev–Trinajstić information content (AvgIpc) is 2.95. The summed E-state index contributed by atoms with van der Waals surface area (Å²) in [5, 5.41) is 12.4. The minimum atomic E-state index is -0.938. The van der Waals surface area contributed by atoms with E-state index in [2.05, 4.69) is 5.32 Å². The topological polar surface area (TPSA) is 80.6 Å². The van der Waals surface area contributed by atoms with E-state index >= 15 is 0 Å². The number of esters is 1. The van der Waals surface area contributed by atoms with E-state index in [1.807, 2.05) is 36.4 Å². The van der Waals surface area contributed by atoms with Crippen molar-refractivity contribution in [1.82, 2.24) is 0 Å². The summed E-state index contributed by atoms with van der Waals surface area (Å²) in [7, 11) is 3.01. The molecule has 0 amide bonds. The Morgan fingerprint density at radius 2 is 2.00 bits per heavy atom. The normalized spacial score (nSPS) is 15.2. The summed E-state index contributed by atoms with van der Waals surface area (Å²) in [5.41, 5.74) is 2.38. The van der Waals surface area contributed by atoms with Crippen LogP contribution in [0.1, 0.15) is 27.6 Å². The Kier molecular flexibility index (Phi) is 4.25. The van der Waals surface area contributed by atoms with Crippen molar-refractivity contribution in [3.63, 3.8) is 0 Å². The van der Waals surface area contributed by atoms with Gasteiger partial charge in [0, 0.05) is 17.8 Å². The van der Waals surface area contributed by atoms with Gasteiger partial charge in [-0.3, -0.25) is 0 Å². The van der Waals surface area contributed by atoms with Gasteiger partial charge in [-0.25, -0.2) is 4.79 Å². The number of hydrogen-bond donors (Lipinski definition) is 1. The number of benzene rings is 2. The first-order valence-corrected chi connectivity index (χ1v) is 7.36. The predicted octanol–water partition coefficient (Wildman–Crippen LogP) is 3.05. The number of para-hydroxylation sites is 1. The highest BCUT2D eigenvalue weighted by molar-refractivity contribution is 5.98. The molecule has 6 nitrogen and oxygen atoms in total. The standard InChI is InChI=1S/C18H16N2O4/c1-22-14-8-12-15(9-19)24-18(21)16(12)17(23-2)13(14)10-20-11-6-4-3-5-7-11/h3-8,15,20H,10H2,1-2H3. The average molecular weight is 324 g/mol. The van der Waals surface area contributed by atoms with Gasteiger partial charge in [0.15, 0.2) is 0 Å². The highest BCUT2D eigenvalue weighted by Crippen LogP contribution is 2.43. The maximum atomic E-state index is 12.1. The number of ether oxygens (including phenoxy) is 3. The van der Waals surface area contributed by atoms with Gasteiger partial charge in [-0.1, -0.05) is 18.2 Å². The van der Waals surface area contributed by atoms with Crippen LogP contribution in [0, 0.1) is 11.3 Å². The molecule has 0 saturated heterocycles. The summed E-state index contributed by atoms with van der Waals surface area (Å²) in [6.45, 7) is 0.397. The van der Waals surface area contributed by atoms with E-state index in [1.54, 1.807) is 6.07 Å². The van der Waals surface area contributed by atoms with Gasteiger partial charge < -0.3 is 19.5 Å². The molecule has 0 radical (unpaired) electrons. The first kappa shape index (κ1) is 15.7. The van der Waals surface area contributed by atoms with Crippen molar-refractivity contribution in [2.75, 3.05) is 19.5 Å². The molecule has 0 spiro atoms. The number of nitriles is 1. The highest BCUT2D eigenvalue weighted by Gasteiger charge is 2.37. The lowest BCUT2D eigenvalue weighted by Crippen LogP contribution is -2.08. The van der Waals surface area contributed by atoms with Gasteiger partial charge in [-0.2, -0.15) is 5.26 Å². The monoisotopic (exact) mass is 324 g/mol. The molecular formula is C18H16N2O4. The first-order valence-electron chi connectivity index (χ1n) is 7.36. The number of nitrogens with one attached hydrogen (secondary N) is 1. The van der Waals surface area contributed by atoms with Crippen molar-refractivity contribution in [2.45, 2.75) is 12.6 Å². The zero-order chi connectivity index (χ0) is 17.1. The largest absolute Gasteiger partial charge is 0.496 e. The second-order valence-corrected chi connectivity index (χ2v) is 5.19. The van der Waals surface area contributed by atoms with Gasteiger partial charge in [-0.05, 0) is 18.2 Å². The molecule has 1 N–H and O–H groups in total. The first-order chi connectivity index (χ1) is 11.7. The van der Waals surface area contributed by atoms with Crippen LogP contribution in [0.5, 0.6) is 11.5 Å². The van der Waals surface area contributed by atoms with Gasteiger partial charge in [0.25, 0.3) is 0 Å². The van der Waals surface area contributed by atoms with Crippen LogP contribution in [0.3, 0.4) is 0 Å². The van der Waals surface area contributed by atoms with Crippen molar-refractivity contribution < 1.29 is 19.0 Å². The molecule has 0 saturated carbocycles. The molecule has 0 bridgehead atoms. The number of carbonyl (C=O) groups excluding carboxylic acids is 1. The smallest absolute Gasteiger partial charge is 0.344 e. The molecule has 6 heteroatoms. The molecule has 24 heavy (non-hydrogen) atoms. The number of anilines is 1. The van der Waals surface area contributed by atoms with Crippen LogP contribution in [0.2, 0.25) is 0 Å². The fourth-order valence-corrected chi connectivity index (χ4v) is 2.76. The number of carbonyl (C=O) groups is 1. The van der Waals surface area contributed by atoms with E-state index in [9.17, 15) is 4.79 Å². The van der Waals surface area contributed by atoms with Crippen LogP contribution < -0.4 is 14.8 Å². The van der Waals surface area contributed by atoms with Crippen LogP contribution >= 0.6 is 0 Å². The lowest BCUT2D eigenvalue weighted by Gasteiger charge is -2.17. The zero-order valence-electron chi connectivity index (χ0n) is 13.3. The third kappa shape index (κ3) is 2.61. The molecule has 1 atom stereocenters. The number of fused-ring (bicyclic) bond motifs is 1. The maximum Gasteiger partial charge on any atom is 0.344 e. The molecule has 122 valence electrons. The van der Waals surface area contributed by atoms with Crippen LogP contribution in [-0.2, 0) is 11.3 Å². The molecule has 0 aromatic heterocycles. The third-order valence-corrected chi connectivity index (χ3v) is 3.87. The Morgan fingerprint density at radius 1 is 1.25 bits per heavy atom. The van der Waals surface area contributed by atoms with Gasteiger partial charge in [-0.15, -0.1) is 0 Å². The molecule has 2 aromatic rings. The minimum Gasteiger partial charge on any atom is -0.496 e. The number of hydrogen-bond acceptors (Lipinski definition) is 6. The number of cyclic esters (lactones) is 1. The van der Waals surface area contributed by atoms with E-state index in [0.717, 1.165) is 5.69 Å². The fraction of sp³-hybridized carbons (Fsp3) is 0.222. The van der Waals surface area contributed by atoms with Gasteiger partial charge >= 0.3 is 5.97 Å². The van der Waals surface area contributed by atoms with E-state index in [4.69, 9.17) is 19.5 Å². The Hall–Kier alpha value is -3.20. The van der Waals surface area contributed by atoms with Crippen LogP contribution in [0.25, 0.3) is 0 Å². The van der Waals surface area contributed by atoms with Gasteiger partial charge in [0.05, 0.1) is 19.8 Å². The summed E-state index contributed by atoms with van der Waals surface area (Å²) < 4.78 is 16.0. The molecule has 1 heterocycles. The van der Waals surface area contributed by atoms with Crippen molar-refractivity contribution in [1.29, 1.82) is 5.26 Å². The zero-order valence-corrected chi connectivity index (χ0v) is 13.3. The third-order valence-electron chi connectivity index (χ3n) is 3.87. The minimum absolute atomic E-state index is 0.287. The molecule has 1 aliphatic heterocycles. The number of methoxy groups -OCH3 is 2. The van der Waals surface area contributed by atoms with E-state index in [1.165, 1.54) is 14.2 Å². The molecule has 3 rings (SSSR count). The SMILES string of the molecule is COc1cc2c(c(OC)c1CNc1ccccc1)C(=O)OC2C#N. The highest BCUT2D eigenvalue weighted by atomic mass is 16.6. The second kappa shape index (κ2) is 6.50. The Labute approximate surface area is 139 Å². The fourth-order valence-electron chi connectivity index (χ4n) is 2.76. The lowest BCUT2D eigenvalue weighted by molar-refractivity contribution is 0.0476. The molecule has 2 aromatic carbocycles. The Morgan fingerprint density at radius 3 is 2.62 bits per heavy atom. The molecule has 0 aliphatic carbocycles. The van der Waals surface area contributed by atoms with Crippen molar-refractivity contribution >= 4 is 11.7 Å². The van der Waals surface area contributed by atoms with E-state index in [-0.39, 0.29) is 5.56 Å². The Balaban J connectivity index is 2.04. The number of rotatable bonds is 5. The molecule has 1 unspecified atom stereocenters. The quantitative estimate of drug-likeness (QED) is 0.851.